The number of rotatable bonds is 0. The maximum atomic E-state index is 8.25. The van der Waals surface area contributed by atoms with E-state index in [9.17, 15) is 0 Å². The quantitative estimate of drug-likeness (QED) is 0.296. The molecule has 5 heteroatoms. The molecular formula is H2ClNO3. The van der Waals surface area contributed by atoms with E-state index in [4.69, 9.17) is 15.3 Å². The van der Waals surface area contributed by atoms with E-state index in [1.54, 1.807) is 0 Å². The molecule has 0 atom stereocenters. The zero-order chi connectivity index (χ0) is 3.58. The third-order valence-corrected chi connectivity index (χ3v) is 0. The van der Waals surface area contributed by atoms with Gasteiger partial charge >= 0.3 is 0 Å². The van der Waals surface area contributed by atoms with Crippen LogP contribution in [-0.4, -0.2) is 5.09 Å². The maximum absolute atomic E-state index is 8.25. The van der Waals surface area contributed by atoms with Gasteiger partial charge in [0.05, 0.1) is 17.5 Å². The van der Waals surface area contributed by atoms with Gasteiger partial charge in [-0.05, 0) is 0 Å². The van der Waals surface area contributed by atoms with Crippen LogP contribution in [0.2, 0.25) is 0 Å². The Hall–Kier alpha value is -0.510. The van der Waals surface area contributed by atoms with E-state index in [1.165, 1.54) is 0 Å². The minimum Gasteiger partial charge on any atom is -0.356 e. The summed E-state index contributed by atoms with van der Waals surface area (Å²) in [6.45, 7) is 0. The van der Waals surface area contributed by atoms with Crippen LogP contribution in [0.15, 0.2) is 0 Å². The molecule has 0 unspecified atom stereocenters. The third-order valence-electron chi connectivity index (χ3n) is 0. The van der Waals surface area contributed by atoms with E-state index in [-0.39, 0.29) is 12.4 Å². The average molecular weight is 99.5 g/mol. The molecule has 0 aromatic heterocycles. The van der Waals surface area contributed by atoms with Crippen molar-refractivity contribution in [3.8, 4) is 0 Å². The standard InChI is InChI=1S/ClH2.NO3/c;2-1(3)4/h1H2;/q+1;-1. The van der Waals surface area contributed by atoms with Crippen LogP contribution >= 0.6 is 0 Å². The summed E-state index contributed by atoms with van der Waals surface area (Å²) >= 11 is 0. The molecule has 0 bridgehead atoms. The molecular weight excluding hydrogens is 97.5 g/mol. The Morgan fingerprint density at radius 3 is 1.40 bits per heavy atom. The second-order valence-electron chi connectivity index (χ2n) is 0.224. The monoisotopic (exact) mass is 99.0 g/mol. The number of halogens is 1. The molecule has 0 heterocycles. The molecule has 0 aromatic carbocycles. The fourth-order valence-corrected chi connectivity index (χ4v) is 0. The van der Waals surface area contributed by atoms with Crippen molar-refractivity contribution in [3.05, 3.63) is 15.3 Å². The molecule has 5 heavy (non-hydrogen) atoms. The molecule has 0 aromatic rings. The number of nitrogens with zero attached hydrogens (tertiary/aromatic N) is 1. The van der Waals surface area contributed by atoms with Gasteiger partial charge in [-0.25, -0.2) is 0 Å². The highest BCUT2D eigenvalue weighted by Gasteiger charge is 1.45. The molecule has 0 spiro atoms. The molecule has 0 N–H and O–H groups in total. The first-order chi connectivity index (χ1) is 1.73. The highest BCUT2D eigenvalue weighted by molar-refractivity contribution is 4.03. The number of hydrogen-bond donors (Lipinski definition) is 0. The third kappa shape index (κ3) is 29.8. The fourth-order valence-electron chi connectivity index (χ4n) is 0. The summed E-state index contributed by atoms with van der Waals surface area (Å²) in [5, 5.41) is 14.8. The van der Waals surface area contributed by atoms with Crippen LogP contribution in [0.25, 0.3) is 0 Å². The minimum absolute atomic E-state index is 0. The van der Waals surface area contributed by atoms with Gasteiger partial charge in [-0.2, -0.15) is 0 Å². The Labute approximate surface area is 33.9 Å². The number of hydrogen-bond acceptors (Lipinski definition) is 3. The van der Waals surface area contributed by atoms with Gasteiger partial charge in [0, 0.05) is 0 Å². The topological polar surface area (TPSA) is 66.2 Å². The van der Waals surface area contributed by atoms with Crippen molar-refractivity contribution in [1.29, 1.82) is 0 Å². The fraction of sp³-hybridized carbons (Fsp3) is 0. The SMILES string of the molecule is O=[N+]([O-])[O-].[ClH2+]. The van der Waals surface area contributed by atoms with Crippen molar-refractivity contribution < 1.29 is 17.5 Å². The summed E-state index contributed by atoms with van der Waals surface area (Å²) in [5.74, 6) is 0. The molecule has 0 amide bonds. The second-order valence-corrected chi connectivity index (χ2v) is 0.224. The highest BCUT2D eigenvalue weighted by Crippen LogP contribution is 1.44. The van der Waals surface area contributed by atoms with E-state index >= 15 is 0 Å². The van der Waals surface area contributed by atoms with Crippen molar-refractivity contribution in [2.24, 2.45) is 0 Å². The first kappa shape index (κ1) is 8.82. The van der Waals surface area contributed by atoms with E-state index in [2.05, 4.69) is 0 Å². The lowest BCUT2D eigenvalue weighted by atomic mass is 13.1. The molecule has 32 valence electrons. The second kappa shape index (κ2) is 3.49. The van der Waals surface area contributed by atoms with E-state index < -0.39 is 5.09 Å². The summed E-state index contributed by atoms with van der Waals surface area (Å²) < 4.78 is 0. The molecule has 0 aliphatic heterocycles. The summed E-state index contributed by atoms with van der Waals surface area (Å²) in [5.41, 5.74) is 0. The lowest BCUT2D eigenvalue weighted by molar-refractivity contribution is -0.402. The summed E-state index contributed by atoms with van der Waals surface area (Å²) in [6, 6.07) is 0. The van der Waals surface area contributed by atoms with Crippen LogP contribution in [-0.2, 0) is 0 Å². The lowest BCUT2D eigenvalue weighted by Crippen LogP contribution is -1.74. The first-order valence-corrected chi connectivity index (χ1v) is 0.548. The predicted molar refractivity (Wildman–Crippen MR) is 13.2 cm³/mol. The minimum atomic E-state index is -1.75. The normalized spacial score (nSPS) is 4.80. The van der Waals surface area contributed by atoms with Gasteiger partial charge in [-0.15, -0.1) is 0 Å². The molecule has 0 fully saturated rings. The van der Waals surface area contributed by atoms with Gasteiger partial charge in [0.25, 0.3) is 0 Å². The van der Waals surface area contributed by atoms with E-state index in [1.807, 2.05) is 0 Å². The first-order valence-electron chi connectivity index (χ1n) is 0.548. The van der Waals surface area contributed by atoms with Crippen molar-refractivity contribution >= 4 is 0 Å². The molecule has 0 saturated carbocycles. The Kier molecular flexibility index (Phi) is 6.16. The highest BCUT2D eigenvalue weighted by atomic mass is 35.5. The summed E-state index contributed by atoms with van der Waals surface area (Å²) in [4.78, 5) is 8.25. The van der Waals surface area contributed by atoms with Gasteiger partial charge in [0.1, 0.15) is 0 Å². The zero-order valence-corrected chi connectivity index (χ0v) is 3.01. The van der Waals surface area contributed by atoms with Crippen LogP contribution < -0.4 is 0 Å². The zero-order valence-electron chi connectivity index (χ0n) is 2.12. The van der Waals surface area contributed by atoms with E-state index in [0.717, 1.165) is 0 Å². The summed E-state index contributed by atoms with van der Waals surface area (Å²) in [7, 11) is 0. The average Bonchev–Trinajstić information content (AvgIpc) is 0.811. The van der Waals surface area contributed by atoms with Gasteiger partial charge in [-0.1, -0.05) is 0 Å². The molecule has 4 nitrogen and oxygen atoms in total. The largest absolute Gasteiger partial charge is 0.356 e. The molecule has 0 aliphatic carbocycles. The van der Waals surface area contributed by atoms with Gasteiger partial charge in [0.2, 0.25) is 0 Å². The smallest absolute Gasteiger partial charge is 0.0903 e. The molecule has 0 saturated heterocycles. The predicted octanol–water partition coefficient (Wildman–Crippen LogP) is -0.774. The van der Waals surface area contributed by atoms with E-state index in [0.29, 0.717) is 0 Å². The molecule has 0 radical (unpaired) electrons. The molecule has 0 aliphatic rings. The van der Waals surface area contributed by atoms with Crippen LogP contribution in [0.5, 0.6) is 0 Å². The van der Waals surface area contributed by atoms with Crippen LogP contribution in [0.3, 0.4) is 0 Å². The van der Waals surface area contributed by atoms with Crippen molar-refractivity contribution in [2.75, 3.05) is 0 Å². The van der Waals surface area contributed by atoms with Crippen LogP contribution in [0.4, 0.5) is 0 Å². The van der Waals surface area contributed by atoms with Crippen LogP contribution in [0, 0.1) is 27.7 Å². The lowest BCUT2D eigenvalue weighted by Gasteiger charge is -1.74. The molecule has 0 rings (SSSR count). The Balaban J connectivity index is 0. The Morgan fingerprint density at radius 1 is 1.40 bits per heavy atom. The Morgan fingerprint density at radius 2 is 1.40 bits per heavy atom. The van der Waals surface area contributed by atoms with Gasteiger partial charge < -0.3 is 15.3 Å². The van der Waals surface area contributed by atoms with Gasteiger partial charge in [0.15, 0.2) is 0 Å². The Bertz CT molecular complexity index is 29.9. The van der Waals surface area contributed by atoms with Crippen LogP contribution in [0.1, 0.15) is 0 Å². The van der Waals surface area contributed by atoms with Crippen molar-refractivity contribution in [3.63, 3.8) is 0 Å². The maximum Gasteiger partial charge on any atom is 0.0903 e. The van der Waals surface area contributed by atoms with Gasteiger partial charge in [-0.3, -0.25) is 0 Å². The summed E-state index contributed by atoms with van der Waals surface area (Å²) in [6.07, 6.45) is 0. The van der Waals surface area contributed by atoms with Crippen molar-refractivity contribution in [2.45, 2.75) is 0 Å². The van der Waals surface area contributed by atoms with Crippen molar-refractivity contribution in [1.82, 2.24) is 0 Å².